The third-order valence-corrected chi connectivity index (χ3v) is 2.35. The highest BCUT2D eigenvalue weighted by molar-refractivity contribution is 5.77. The first-order valence-electron chi connectivity index (χ1n) is 5.82. The molecule has 0 aromatic carbocycles. The van der Waals surface area contributed by atoms with E-state index in [0.29, 0.717) is 19.7 Å². The molecule has 5 nitrogen and oxygen atoms in total. The van der Waals surface area contributed by atoms with Gasteiger partial charge in [-0.15, -0.1) is 0 Å². The topological polar surface area (TPSA) is 58.8 Å². The number of rotatable bonds is 9. The number of carbonyl (C=O) groups excluding carboxylic acids is 1. The Morgan fingerprint density at radius 1 is 1.31 bits per heavy atom. The lowest BCUT2D eigenvalue weighted by Crippen LogP contribution is -2.38. The molecule has 0 aliphatic carbocycles. The normalized spacial score (nSPS) is 10.8. The van der Waals surface area contributed by atoms with Gasteiger partial charge in [-0.1, -0.05) is 0 Å². The fraction of sp³-hybridized carbons (Fsp3) is 0.909. The van der Waals surface area contributed by atoms with Gasteiger partial charge in [0.15, 0.2) is 0 Å². The number of likely N-dealkylation sites (N-methyl/N-ethyl adjacent to an activating group) is 2. The molecule has 0 bridgehead atoms. The molecule has 1 amide bonds. The number of nitrogens with zero attached hydrogens (tertiary/aromatic N) is 2. The molecule has 2 N–H and O–H groups in total. The van der Waals surface area contributed by atoms with Crippen LogP contribution in [-0.2, 0) is 9.53 Å². The van der Waals surface area contributed by atoms with Crippen LogP contribution in [0, 0.1) is 0 Å². The van der Waals surface area contributed by atoms with Gasteiger partial charge in [-0.2, -0.15) is 0 Å². The highest BCUT2D eigenvalue weighted by Gasteiger charge is 2.10. The van der Waals surface area contributed by atoms with Crippen molar-refractivity contribution in [1.29, 1.82) is 0 Å². The van der Waals surface area contributed by atoms with Gasteiger partial charge in [0.2, 0.25) is 5.91 Å². The summed E-state index contributed by atoms with van der Waals surface area (Å²) >= 11 is 0. The molecule has 0 atom stereocenters. The van der Waals surface area contributed by atoms with Crippen LogP contribution in [0.4, 0.5) is 0 Å². The zero-order valence-corrected chi connectivity index (χ0v) is 10.7. The highest BCUT2D eigenvalue weighted by Crippen LogP contribution is 1.91. The molecule has 16 heavy (non-hydrogen) atoms. The summed E-state index contributed by atoms with van der Waals surface area (Å²) in [6, 6.07) is 0. The number of ether oxygens (including phenoxy) is 1. The minimum absolute atomic E-state index is 0.132. The van der Waals surface area contributed by atoms with Crippen molar-refractivity contribution in [2.24, 2.45) is 5.73 Å². The van der Waals surface area contributed by atoms with Gasteiger partial charge in [-0.3, -0.25) is 9.69 Å². The lowest BCUT2D eigenvalue weighted by atomic mass is 10.3. The predicted octanol–water partition coefficient (Wildman–Crippen LogP) is -0.238. The second kappa shape index (κ2) is 9.57. The molecule has 0 saturated heterocycles. The number of carbonyl (C=O) groups is 1. The molecule has 0 spiro atoms. The molecule has 5 heteroatoms. The highest BCUT2D eigenvalue weighted by atomic mass is 16.5. The van der Waals surface area contributed by atoms with Crippen LogP contribution in [0.15, 0.2) is 0 Å². The molecular weight excluding hydrogens is 206 g/mol. The summed E-state index contributed by atoms with van der Waals surface area (Å²) in [4.78, 5) is 15.4. The van der Waals surface area contributed by atoms with Crippen molar-refractivity contribution < 1.29 is 9.53 Å². The molecule has 0 radical (unpaired) electrons. The maximum absolute atomic E-state index is 11.7. The standard InChI is InChI=1S/C11H25N3O2/c1-4-16-9-8-13(2)10-11(15)14(3)7-5-6-12/h4-10,12H2,1-3H3. The van der Waals surface area contributed by atoms with E-state index in [4.69, 9.17) is 10.5 Å². The Balaban J connectivity index is 3.67. The maximum Gasteiger partial charge on any atom is 0.236 e. The van der Waals surface area contributed by atoms with E-state index in [2.05, 4.69) is 0 Å². The van der Waals surface area contributed by atoms with Gasteiger partial charge in [-0.25, -0.2) is 0 Å². The summed E-state index contributed by atoms with van der Waals surface area (Å²) in [6.45, 7) is 5.93. The van der Waals surface area contributed by atoms with Gasteiger partial charge in [-0.05, 0) is 26.9 Å². The van der Waals surface area contributed by atoms with Crippen LogP contribution in [0.2, 0.25) is 0 Å². The van der Waals surface area contributed by atoms with Crippen LogP contribution >= 0.6 is 0 Å². The molecule has 0 aromatic heterocycles. The lowest BCUT2D eigenvalue weighted by Gasteiger charge is -2.21. The van der Waals surface area contributed by atoms with Gasteiger partial charge >= 0.3 is 0 Å². The average Bonchev–Trinajstić information content (AvgIpc) is 2.26. The van der Waals surface area contributed by atoms with Crippen LogP contribution in [0.25, 0.3) is 0 Å². The monoisotopic (exact) mass is 231 g/mol. The number of hydrogen-bond acceptors (Lipinski definition) is 4. The Morgan fingerprint density at radius 3 is 2.56 bits per heavy atom. The number of nitrogens with two attached hydrogens (primary N) is 1. The average molecular weight is 231 g/mol. The molecule has 0 aliphatic rings. The third kappa shape index (κ3) is 7.62. The Hall–Kier alpha value is -0.650. The SMILES string of the molecule is CCOCCN(C)CC(=O)N(C)CCCN. The number of amides is 1. The van der Waals surface area contributed by atoms with Crippen LogP contribution in [0.3, 0.4) is 0 Å². The number of hydrogen-bond donors (Lipinski definition) is 1. The molecule has 0 unspecified atom stereocenters. The molecule has 0 saturated carbocycles. The molecule has 0 aliphatic heterocycles. The lowest BCUT2D eigenvalue weighted by molar-refractivity contribution is -0.130. The van der Waals surface area contributed by atoms with Crippen molar-refractivity contribution in [1.82, 2.24) is 9.80 Å². The predicted molar refractivity (Wildman–Crippen MR) is 65.3 cm³/mol. The van der Waals surface area contributed by atoms with Crippen LogP contribution in [0.1, 0.15) is 13.3 Å². The van der Waals surface area contributed by atoms with E-state index < -0.39 is 0 Å². The molecule has 0 heterocycles. The van der Waals surface area contributed by atoms with Crippen molar-refractivity contribution in [3.63, 3.8) is 0 Å². The summed E-state index contributed by atoms with van der Waals surface area (Å²) in [5.41, 5.74) is 5.39. The van der Waals surface area contributed by atoms with Crippen molar-refractivity contribution >= 4 is 5.91 Å². The Morgan fingerprint density at radius 2 is 2.00 bits per heavy atom. The first-order valence-corrected chi connectivity index (χ1v) is 5.82. The van der Waals surface area contributed by atoms with Crippen molar-refractivity contribution in [2.45, 2.75) is 13.3 Å². The zero-order chi connectivity index (χ0) is 12.4. The minimum atomic E-state index is 0.132. The molecular formula is C11H25N3O2. The summed E-state index contributed by atoms with van der Waals surface area (Å²) in [6.07, 6.45) is 0.852. The summed E-state index contributed by atoms with van der Waals surface area (Å²) in [5, 5.41) is 0. The van der Waals surface area contributed by atoms with E-state index in [1.54, 1.807) is 4.90 Å². The summed E-state index contributed by atoms with van der Waals surface area (Å²) in [5.74, 6) is 0.132. The van der Waals surface area contributed by atoms with Crippen LogP contribution in [0.5, 0.6) is 0 Å². The van der Waals surface area contributed by atoms with Crippen molar-refractivity contribution in [2.75, 3.05) is 53.5 Å². The second-order valence-corrected chi connectivity index (χ2v) is 3.89. The fourth-order valence-corrected chi connectivity index (χ4v) is 1.25. The van der Waals surface area contributed by atoms with E-state index in [1.165, 1.54) is 0 Å². The van der Waals surface area contributed by atoms with E-state index in [-0.39, 0.29) is 5.91 Å². The van der Waals surface area contributed by atoms with Crippen LogP contribution < -0.4 is 5.73 Å². The van der Waals surface area contributed by atoms with Crippen molar-refractivity contribution in [3.8, 4) is 0 Å². The van der Waals surface area contributed by atoms with E-state index in [0.717, 1.165) is 26.1 Å². The Kier molecular flexibility index (Phi) is 9.18. The first-order chi connectivity index (χ1) is 7.61. The summed E-state index contributed by atoms with van der Waals surface area (Å²) in [7, 11) is 3.74. The Bertz CT molecular complexity index is 188. The molecule has 0 aromatic rings. The fourth-order valence-electron chi connectivity index (χ4n) is 1.25. The first kappa shape index (κ1) is 15.3. The van der Waals surface area contributed by atoms with Gasteiger partial charge < -0.3 is 15.4 Å². The Labute approximate surface area is 98.5 Å². The molecule has 0 rings (SSSR count). The smallest absolute Gasteiger partial charge is 0.236 e. The quantitative estimate of drug-likeness (QED) is 0.557. The van der Waals surface area contributed by atoms with Gasteiger partial charge in [0.25, 0.3) is 0 Å². The molecule has 0 fully saturated rings. The minimum Gasteiger partial charge on any atom is -0.380 e. The zero-order valence-electron chi connectivity index (χ0n) is 10.7. The van der Waals surface area contributed by atoms with Gasteiger partial charge in [0.1, 0.15) is 0 Å². The van der Waals surface area contributed by atoms with E-state index in [1.807, 2.05) is 25.9 Å². The van der Waals surface area contributed by atoms with Gasteiger partial charge in [0.05, 0.1) is 13.2 Å². The maximum atomic E-state index is 11.7. The van der Waals surface area contributed by atoms with Crippen LogP contribution in [-0.4, -0.2) is 69.2 Å². The molecule has 96 valence electrons. The third-order valence-electron chi connectivity index (χ3n) is 2.35. The second-order valence-electron chi connectivity index (χ2n) is 3.89. The largest absolute Gasteiger partial charge is 0.380 e. The van der Waals surface area contributed by atoms with E-state index >= 15 is 0 Å². The van der Waals surface area contributed by atoms with Gasteiger partial charge in [0, 0.05) is 26.7 Å². The van der Waals surface area contributed by atoms with E-state index in [9.17, 15) is 4.79 Å². The summed E-state index contributed by atoms with van der Waals surface area (Å²) < 4.78 is 5.23. The van der Waals surface area contributed by atoms with Crippen molar-refractivity contribution in [3.05, 3.63) is 0 Å².